The van der Waals surface area contributed by atoms with Crippen molar-refractivity contribution in [2.45, 2.75) is 6.92 Å². The van der Waals surface area contributed by atoms with E-state index in [0.29, 0.717) is 27.8 Å². The maximum atomic E-state index is 12.5. The first-order valence-corrected chi connectivity index (χ1v) is 7.65. The van der Waals surface area contributed by atoms with E-state index in [2.05, 4.69) is 4.98 Å². The normalized spacial score (nSPS) is 14.1. The third kappa shape index (κ3) is 2.11. The second-order valence-corrected chi connectivity index (χ2v) is 5.89. The van der Waals surface area contributed by atoms with Gasteiger partial charge in [0.05, 0.1) is 16.2 Å². The Morgan fingerprint density at radius 2 is 1.76 bits per heavy atom. The SMILES string of the molecule is CC1=C(c2cccc([N+](=O)[O-])c2)c2[nH]c3ccccc3c2C(=O)C1=O. The molecule has 1 N–H and O–H groups in total. The highest BCUT2D eigenvalue weighted by Gasteiger charge is 2.34. The lowest BCUT2D eigenvalue weighted by molar-refractivity contribution is -0.384. The molecule has 3 aromatic rings. The highest BCUT2D eigenvalue weighted by Crippen LogP contribution is 2.38. The first kappa shape index (κ1) is 15.0. The van der Waals surface area contributed by atoms with Crippen LogP contribution in [0.1, 0.15) is 28.5 Å². The Morgan fingerprint density at radius 3 is 2.52 bits per heavy atom. The standard InChI is InChI=1S/C19H12N2O4/c1-10-15(11-5-4-6-12(9-11)21(24)25)17-16(19(23)18(10)22)13-7-2-3-8-14(13)20-17/h2-9,20H,1H3. The molecule has 4 rings (SSSR count). The van der Waals surface area contributed by atoms with Crippen molar-refractivity contribution in [1.82, 2.24) is 4.98 Å². The zero-order chi connectivity index (χ0) is 17.7. The largest absolute Gasteiger partial charge is 0.354 e. The van der Waals surface area contributed by atoms with Gasteiger partial charge in [-0.25, -0.2) is 0 Å². The van der Waals surface area contributed by atoms with Gasteiger partial charge in [0.1, 0.15) is 0 Å². The van der Waals surface area contributed by atoms with Gasteiger partial charge >= 0.3 is 0 Å². The highest BCUT2D eigenvalue weighted by atomic mass is 16.6. The first-order chi connectivity index (χ1) is 12.0. The summed E-state index contributed by atoms with van der Waals surface area (Å²) in [5.74, 6) is -1.14. The minimum atomic E-state index is -0.584. The lowest BCUT2D eigenvalue weighted by atomic mass is 9.84. The Morgan fingerprint density at radius 1 is 1.00 bits per heavy atom. The Hall–Kier alpha value is -3.54. The van der Waals surface area contributed by atoms with Crippen LogP contribution in [0, 0.1) is 10.1 Å². The second-order valence-electron chi connectivity index (χ2n) is 5.89. The molecule has 0 saturated heterocycles. The molecule has 6 nitrogen and oxygen atoms in total. The Balaban J connectivity index is 2.06. The fourth-order valence-electron chi connectivity index (χ4n) is 3.29. The van der Waals surface area contributed by atoms with Gasteiger partial charge in [-0.3, -0.25) is 19.7 Å². The molecular formula is C19H12N2O4. The van der Waals surface area contributed by atoms with E-state index in [4.69, 9.17) is 0 Å². The number of fused-ring (bicyclic) bond motifs is 3. The molecule has 0 aliphatic heterocycles. The number of para-hydroxylation sites is 1. The lowest BCUT2D eigenvalue weighted by Crippen LogP contribution is -2.22. The molecule has 0 radical (unpaired) electrons. The molecule has 25 heavy (non-hydrogen) atoms. The van der Waals surface area contributed by atoms with Crippen molar-refractivity contribution in [3.05, 3.63) is 81.0 Å². The molecule has 6 heteroatoms. The van der Waals surface area contributed by atoms with Crippen LogP contribution in [-0.2, 0) is 4.79 Å². The minimum Gasteiger partial charge on any atom is -0.354 e. The number of nitrogens with one attached hydrogen (secondary N) is 1. The molecule has 0 spiro atoms. The molecular weight excluding hydrogens is 320 g/mol. The predicted octanol–water partition coefficient (Wildman–Crippen LogP) is 3.66. The molecule has 1 aromatic heterocycles. The van der Waals surface area contributed by atoms with Crippen LogP contribution in [0.3, 0.4) is 0 Å². The van der Waals surface area contributed by atoms with Crippen molar-refractivity contribution >= 4 is 33.7 Å². The number of ketones is 2. The number of Topliss-reactive ketones (excluding diaryl/α,β-unsaturated/α-hetero) is 2. The fraction of sp³-hybridized carbons (Fsp3) is 0.0526. The average molecular weight is 332 g/mol. The Labute approximate surface area is 141 Å². The number of hydrogen-bond acceptors (Lipinski definition) is 4. The van der Waals surface area contributed by atoms with Crippen molar-refractivity contribution in [2.24, 2.45) is 0 Å². The van der Waals surface area contributed by atoms with E-state index in [-0.39, 0.29) is 11.3 Å². The number of hydrogen-bond donors (Lipinski definition) is 1. The maximum Gasteiger partial charge on any atom is 0.270 e. The number of nitro benzene ring substituents is 1. The van der Waals surface area contributed by atoms with Crippen LogP contribution in [0.4, 0.5) is 5.69 Å². The number of benzene rings is 2. The number of rotatable bonds is 2. The van der Waals surface area contributed by atoms with Gasteiger partial charge in [0.25, 0.3) is 5.69 Å². The van der Waals surface area contributed by atoms with Crippen LogP contribution in [0.5, 0.6) is 0 Å². The Bertz CT molecular complexity index is 1120. The van der Waals surface area contributed by atoms with E-state index < -0.39 is 16.5 Å². The summed E-state index contributed by atoms with van der Waals surface area (Å²) in [6.45, 7) is 1.57. The number of allylic oxidation sites excluding steroid dienone is 1. The van der Waals surface area contributed by atoms with E-state index in [1.54, 1.807) is 31.2 Å². The lowest BCUT2D eigenvalue weighted by Gasteiger charge is -2.17. The summed E-state index contributed by atoms with van der Waals surface area (Å²) in [4.78, 5) is 38.8. The fourth-order valence-corrected chi connectivity index (χ4v) is 3.29. The predicted molar refractivity (Wildman–Crippen MR) is 92.4 cm³/mol. The number of nitrogens with zero attached hydrogens (tertiary/aromatic N) is 1. The topological polar surface area (TPSA) is 93.1 Å². The van der Waals surface area contributed by atoms with Crippen LogP contribution in [0.15, 0.2) is 54.1 Å². The first-order valence-electron chi connectivity index (χ1n) is 7.65. The summed E-state index contributed by atoms with van der Waals surface area (Å²) in [6, 6.07) is 13.3. The molecule has 1 heterocycles. The number of carbonyl (C=O) groups excluding carboxylic acids is 2. The zero-order valence-corrected chi connectivity index (χ0v) is 13.2. The molecule has 0 bridgehead atoms. The van der Waals surface area contributed by atoms with Crippen molar-refractivity contribution in [1.29, 1.82) is 0 Å². The minimum absolute atomic E-state index is 0.0696. The monoisotopic (exact) mass is 332 g/mol. The van der Waals surface area contributed by atoms with Crippen molar-refractivity contribution in [3.63, 3.8) is 0 Å². The second kappa shape index (κ2) is 5.24. The number of nitro groups is 1. The summed E-state index contributed by atoms with van der Waals surface area (Å²) >= 11 is 0. The summed E-state index contributed by atoms with van der Waals surface area (Å²) in [7, 11) is 0. The van der Waals surface area contributed by atoms with Gasteiger partial charge in [0.15, 0.2) is 0 Å². The summed E-state index contributed by atoms with van der Waals surface area (Å²) in [6.07, 6.45) is 0. The van der Waals surface area contributed by atoms with E-state index in [0.717, 1.165) is 5.52 Å². The van der Waals surface area contributed by atoms with Crippen LogP contribution in [0.2, 0.25) is 0 Å². The van der Waals surface area contributed by atoms with Gasteiger partial charge in [-0.1, -0.05) is 30.3 Å². The zero-order valence-electron chi connectivity index (χ0n) is 13.2. The van der Waals surface area contributed by atoms with Crippen molar-refractivity contribution in [2.75, 3.05) is 0 Å². The number of aromatic amines is 1. The van der Waals surface area contributed by atoms with Crippen LogP contribution >= 0.6 is 0 Å². The highest BCUT2D eigenvalue weighted by molar-refractivity contribution is 6.54. The number of aromatic nitrogens is 1. The maximum absolute atomic E-state index is 12.5. The number of carbonyl (C=O) groups is 2. The summed E-state index contributed by atoms with van der Waals surface area (Å²) in [5.41, 5.74) is 2.87. The average Bonchev–Trinajstić information content (AvgIpc) is 2.99. The van der Waals surface area contributed by atoms with Crippen molar-refractivity contribution in [3.8, 4) is 0 Å². The quantitative estimate of drug-likeness (QED) is 0.440. The van der Waals surface area contributed by atoms with Gasteiger partial charge in [-0.2, -0.15) is 0 Å². The molecule has 0 fully saturated rings. The third-order valence-corrected chi connectivity index (χ3v) is 4.45. The number of H-pyrrole nitrogens is 1. The van der Waals surface area contributed by atoms with Crippen LogP contribution in [0.25, 0.3) is 16.5 Å². The van der Waals surface area contributed by atoms with E-state index in [9.17, 15) is 19.7 Å². The molecule has 2 aromatic carbocycles. The van der Waals surface area contributed by atoms with Gasteiger partial charge < -0.3 is 4.98 Å². The molecule has 0 amide bonds. The van der Waals surface area contributed by atoms with Crippen LogP contribution < -0.4 is 0 Å². The van der Waals surface area contributed by atoms with Gasteiger partial charge in [0, 0.05) is 34.2 Å². The molecule has 0 atom stereocenters. The molecule has 0 unspecified atom stereocenters. The smallest absolute Gasteiger partial charge is 0.270 e. The number of non-ortho nitro benzene ring substituents is 1. The van der Waals surface area contributed by atoms with E-state index >= 15 is 0 Å². The van der Waals surface area contributed by atoms with E-state index in [1.807, 2.05) is 12.1 Å². The molecule has 122 valence electrons. The summed E-state index contributed by atoms with van der Waals surface area (Å²) < 4.78 is 0. The van der Waals surface area contributed by atoms with Gasteiger partial charge in [-0.05, 0) is 18.6 Å². The van der Waals surface area contributed by atoms with Crippen LogP contribution in [-0.4, -0.2) is 21.5 Å². The molecule has 1 aliphatic carbocycles. The Kier molecular flexibility index (Phi) is 3.15. The summed E-state index contributed by atoms with van der Waals surface area (Å²) in [5, 5.41) is 11.8. The molecule has 1 aliphatic rings. The third-order valence-electron chi connectivity index (χ3n) is 4.45. The molecule has 0 saturated carbocycles. The van der Waals surface area contributed by atoms with Crippen molar-refractivity contribution < 1.29 is 14.5 Å². The van der Waals surface area contributed by atoms with E-state index in [1.165, 1.54) is 12.1 Å². The van der Waals surface area contributed by atoms with Gasteiger partial charge in [-0.15, -0.1) is 0 Å². The van der Waals surface area contributed by atoms with Gasteiger partial charge in [0.2, 0.25) is 11.6 Å².